The monoisotopic (exact) mass is 459 g/mol. The number of anilines is 1. The lowest BCUT2D eigenvalue weighted by atomic mass is 10.2. The van der Waals surface area contributed by atoms with Crippen LogP contribution < -0.4 is 10.1 Å². The molecule has 31 heavy (non-hydrogen) atoms. The predicted molar refractivity (Wildman–Crippen MR) is 125 cm³/mol. The Hall–Kier alpha value is -2.55. The van der Waals surface area contributed by atoms with Gasteiger partial charge >= 0.3 is 0 Å². The van der Waals surface area contributed by atoms with Crippen molar-refractivity contribution in [1.29, 1.82) is 0 Å². The third kappa shape index (κ3) is 5.39. The van der Waals surface area contributed by atoms with Crippen LogP contribution in [0, 0.1) is 0 Å². The van der Waals surface area contributed by atoms with Gasteiger partial charge < -0.3 is 10.1 Å². The average molecular weight is 460 g/mol. The number of methoxy groups -OCH3 is 1. The lowest BCUT2D eigenvalue weighted by Crippen LogP contribution is -2.23. The summed E-state index contributed by atoms with van der Waals surface area (Å²) in [6.45, 7) is 3.90. The summed E-state index contributed by atoms with van der Waals surface area (Å²) in [6.07, 6.45) is 0. The Kier molecular flexibility index (Phi) is 7.59. The van der Waals surface area contributed by atoms with Gasteiger partial charge in [0.25, 0.3) is 0 Å². The maximum absolute atomic E-state index is 12.9. The first-order chi connectivity index (χ1) is 14.8. The molecule has 0 saturated heterocycles. The molecule has 3 rings (SSSR count). The Labute approximate surface area is 191 Å². The molecule has 0 radical (unpaired) electrons. The number of carbonyl (C=O) groups is 1. The molecule has 164 valence electrons. The lowest BCUT2D eigenvalue weighted by molar-refractivity contribution is -0.115. The van der Waals surface area contributed by atoms with Crippen LogP contribution in [-0.2, 0) is 4.79 Å². The van der Waals surface area contributed by atoms with Gasteiger partial charge in [-0.2, -0.15) is 0 Å². The van der Waals surface area contributed by atoms with E-state index in [-0.39, 0.29) is 11.9 Å². The fourth-order valence-corrected chi connectivity index (χ4v) is 3.89. The van der Waals surface area contributed by atoms with Crippen LogP contribution in [0.25, 0.3) is 5.69 Å². The van der Waals surface area contributed by atoms with E-state index in [1.54, 1.807) is 19.2 Å². The first-order valence-electron chi connectivity index (χ1n) is 9.80. The van der Waals surface area contributed by atoms with E-state index in [9.17, 15) is 4.79 Å². The summed E-state index contributed by atoms with van der Waals surface area (Å²) < 4.78 is 7.29. The van der Waals surface area contributed by atoms with Crippen molar-refractivity contribution < 1.29 is 9.53 Å². The molecule has 0 aliphatic carbocycles. The zero-order chi connectivity index (χ0) is 22.5. The number of carbonyl (C=O) groups excluding carboxylic acids is 1. The highest BCUT2D eigenvalue weighted by molar-refractivity contribution is 8.00. The number of nitrogens with zero attached hydrogens (tertiary/aromatic N) is 4. The van der Waals surface area contributed by atoms with Crippen molar-refractivity contribution in [3.63, 3.8) is 0 Å². The molecule has 0 spiro atoms. The Morgan fingerprint density at radius 3 is 2.45 bits per heavy atom. The largest absolute Gasteiger partial charge is 0.495 e. The van der Waals surface area contributed by atoms with Gasteiger partial charge in [-0.05, 0) is 64.3 Å². The molecule has 7 nitrogen and oxygen atoms in total. The normalized spacial score (nSPS) is 13.1. The molecule has 0 fully saturated rings. The Bertz CT molecular complexity index is 1040. The summed E-state index contributed by atoms with van der Waals surface area (Å²) in [7, 11) is 5.55. The zero-order valence-corrected chi connectivity index (χ0v) is 19.7. The van der Waals surface area contributed by atoms with Crippen molar-refractivity contribution in [2.24, 2.45) is 0 Å². The number of thioether (sulfide) groups is 1. The van der Waals surface area contributed by atoms with Crippen LogP contribution >= 0.6 is 23.4 Å². The van der Waals surface area contributed by atoms with Crippen LogP contribution in [0.4, 0.5) is 5.69 Å². The molecule has 1 amide bonds. The maximum Gasteiger partial charge on any atom is 0.237 e. The van der Waals surface area contributed by atoms with E-state index in [1.165, 1.54) is 11.8 Å². The Morgan fingerprint density at radius 2 is 1.81 bits per heavy atom. The summed E-state index contributed by atoms with van der Waals surface area (Å²) in [5.41, 5.74) is 1.52. The molecule has 2 aromatic carbocycles. The minimum Gasteiger partial charge on any atom is -0.495 e. The van der Waals surface area contributed by atoms with Crippen LogP contribution in [0.5, 0.6) is 5.75 Å². The van der Waals surface area contributed by atoms with E-state index in [4.69, 9.17) is 16.3 Å². The van der Waals surface area contributed by atoms with Crippen molar-refractivity contribution in [2.45, 2.75) is 30.3 Å². The molecule has 1 N–H and O–H groups in total. The number of nitrogens with one attached hydrogen (secondary N) is 1. The van der Waals surface area contributed by atoms with E-state index in [0.717, 1.165) is 11.5 Å². The number of hydrogen-bond donors (Lipinski definition) is 1. The van der Waals surface area contributed by atoms with E-state index < -0.39 is 5.25 Å². The van der Waals surface area contributed by atoms with E-state index >= 15 is 0 Å². The van der Waals surface area contributed by atoms with Gasteiger partial charge in [0.05, 0.1) is 24.1 Å². The summed E-state index contributed by atoms with van der Waals surface area (Å²) in [4.78, 5) is 14.9. The van der Waals surface area contributed by atoms with Crippen LogP contribution in [0.15, 0.2) is 53.7 Å². The number of halogens is 1. The predicted octanol–water partition coefficient (Wildman–Crippen LogP) is 4.67. The number of aromatic nitrogens is 3. The topological polar surface area (TPSA) is 72.3 Å². The minimum atomic E-state index is -0.414. The Balaban J connectivity index is 1.88. The molecule has 1 aromatic heterocycles. The standard InChI is InChI=1S/C22H26ClN5O2S/c1-14(27(3)4)20-25-26-22(28(20)17-12-10-16(23)11-13-17)31-15(2)21(29)24-18-8-6-7-9-19(18)30-5/h6-15H,1-5H3,(H,24,29). The summed E-state index contributed by atoms with van der Waals surface area (Å²) in [6, 6.07) is 14.8. The maximum atomic E-state index is 12.9. The van der Waals surface area contributed by atoms with Crippen LogP contribution in [0.2, 0.25) is 5.02 Å². The van der Waals surface area contributed by atoms with Gasteiger partial charge in [-0.25, -0.2) is 0 Å². The quantitative estimate of drug-likeness (QED) is 0.493. The average Bonchev–Trinajstić information content (AvgIpc) is 3.17. The van der Waals surface area contributed by atoms with Gasteiger partial charge in [-0.15, -0.1) is 10.2 Å². The van der Waals surface area contributed by atoms with Crippen molar-refractivity contribution in [3.8, 4) is 11.4 Å². The highest BCUT2D eigenvalue weighted by atomic mass is 35.5. The molecule has 2 unspecified atom stereocenters. The SMILES string of the molecule is COc1ccccc1NC(=O)C(C)Sc1nnc(C(C)N(C)C)n1-c1ccc(Cl)cc1. The van der Waals surface area contributed by atoms with Crippen molar-refractivity contribution in [2.75, 3.05) is 26.5 Å². The smallest absolute Gasteiger partial charge is 0.237 e. The Morgan fingerprint density at radius 1 is 1.13 bits per heavy atom. The molecule has 0 aliphatic heterocycles. The molecular weight excluding hydrogens is 434 g/mol. The number of benzene rings is 2. The second-order valence-corrected chi connectivity index (χ2v) is 8.99. The number of rotatable bonds is 8. The van der Waals surface area contributed by atoms with E-state index in [1.807, 2.05) is 62.0 Å². The molecule has 0 aliphatic rings. The number of para-hydroxylation sites is 2. The second-order valence-electron chi connectivity index (χ2n) is 7.24. The summed E-state index contributed by atoms with van der Waals surface area (Å²) in [5.74, 6) is 1.24. The van der Waals surface area contributed by atoms with Crippen molar-refractivity contribution >= 4 is 35.0 Å². The van der Waals surface area contributed by atoms with Gasteiger partial charge in [0.1, 0.15) is 5.75 Å². The molecule has 9 heteroatoms. The number of hydrogen-bond acceptors (Lipinski definition) is 6. The van der Waals surface area contributed by atoms with Crippen molar-refractivity contribution in [3.05, 3.63) is 59.4 Å². The van der Waals surface area contributed by atoms with Gasteiger partial charge in [0.2, 0.25) is 5.91 Å². The van der Waals surface area contributed by atoms with Crippen LogP contribution in [0.3, 0.4) is 0 Å². The molecule has 3 aromatic rings. The molecule has 0 saturated carbocycles. The molecule has 2 atom stereocenters. The van der Waals surface area contributed by atoms with E-state index in [0.29, 0.717) is 21.6 Å². The fourth-order valence-electron chi connectivity index (χ4n) is 2.89. The first-order valence-corrected chi connectivity index (χ1v) is 11.1. The number of ether oxygens (including phenoxy) is 1. The third-order valence-electron chi connectivity index (χ3n) is 4.91. The fraction of sp³-hybridized carbons (Fsp3) is 0.318. The minimum absolute atomic E-state index is 0.0234. The summed E-state index contributed by atoms with van der Waals surface area (Å²) >= 11 is 7.42. The highest BCUT2D eigenvalue weighted by Crippen LogP contribution is 2.31. The zero-order valence-electron chi connectivity index (χ0n) is 18.2. The molecule has 1 heterocycles. The number of amides is 1. The van der Waals surface area contributed by atoms with E-state index in [2.05, 4.69) is 27.3 Å². The van der Waals surface area contributed by atoms with Crippen LogP contribution in [-0.4, -0.2) is 52.0 Å². The third-order valence-corrected chi connectivity index (χ3v) is 6.20. The summed E-state index contributed by atoms with van der Waals surface area (Å²) in [5, 5.41) is 12.6. The van der Waals surface area contributed by atoms with Gasteiger partial charge in [0.15, 0.2) is 11.0 Å². The van der Waals surface area contributed by atoms with Gasteiger partial charge in [-0.1, -0.05) is 35.5 Å². The second kappa shape index (κ2) is 10.2. The van der Waals surface area contributed by atoms with Gasteiger partial charge in [0, 0.05) is 10.7 Å². The van der Waals surface area contributed by atoms with Crippen LogP contribution in [0.1, 0.15) is 25.7 Å². The molecule has 0 bridgehead atoms. The first kappa shape index (κ1) is 23.1. The van der Waals surface area contributed by atoms with Gasteiger partial charge in [-0.3, -0.25) is 14.3 Å². The van der Waals surface area contributed by atoms with Crippen molar-refractivity contribution in [1.82, 2.24) is 19.7 Å². The molecular formula is C22H26ClN5O2S. The highest BCUT2D eigenvalue weighted by Gasteiger charge is 2.24. The lowest BCUT2D eigenvalue weighted by Gasteiger charge is -2.21.